The molecule has 3 rings (SSSR count). The van der Waals surface area contributed by atoms with Crippen molar-refractivity contribution in [3.63, 3.8) is 0 Å². The molecule has 2 unspecified atom stereocenters. The van der Waals surface area contributed by atoms with Crippen LogP contribution in [0.5, 0.6) is 5.75 Å². The Balaban J connectivity index is 1.68. The molecule has 2 aliphatic rings. The lowest BCUT2D eigenvalue weighted by atomic mass is 10.1. The maximum atomic E-state index is 5.96. The number of guanidine groups is 1. The smallest absolute Gasteiger partial charge is 0.194 e. The molecule has 0 radical (unpaired) electrons. The third kappa shape index (κ3) is 4.68. The van der Waals surface area contributed by atoms with E-state index in [9.17, 15) is 0 Å². The fourth-order valence-electron chi connectivity index (χ4n) is 3.54. The summed E-state index contributed by atoms with van der Waals surface area (Å²) in [5.74, 6) is 1.85. The summed E-state index contributed by atoms with van der Waals surface area (Å²) < 4.78 is 17.2. The summed E-state index contributed by atoms with van der Waals surface area (Å²) in [6.07, 6.45) is 2.58. The van der Waals surface area contributed by atoms with E-state index >= 15 is 0 Å². The van der Waals surface area contributed by atoms with Gasteiger partial charge in [-0.2, -0.15) is 0 Å². The number of hydrogen-bond donors (Lipinski definition) is 1. The molecule has 2 saturated heterocycles. The Bertz CT molecular complexity index is 614. The van der Waals surface area contributed by atoms with Gasteiger partial charge in [-0.25, -0.2) is 4.99 Å². The van der Waals surface area contributed by atoms with Gasteiger partial charge in [0, 0.05) is 26.2 Å². The number of benzene rings is 1. The van der Waals surface area contributed by atoms with Gasteiger partial charge in [0.25, 0.3) is 0 Å². The lowest BCUT2D eigenvalue weighted by molar-refractivity contribution is -0.0817. The van der Waals surface area contributed by atoms with Crippen LogP contribution in [-0.2, 0) is 16.0 Å². The minimum absolute atomic E-state index is 0.134. The largest absolute Gasteiger partial charge is 0.496 e. The van der Waals surface area contributed by atoms with Gasteiger partial charge >= 0.3 is 0 Å². The highest BCUT2D eigenvalue weighted by molar-refractivity contribution is 5.80. The molecular formula is C20H31N3O3. The first-order valence-electron chi connectivity index (χ1n) is 9.61. The molecule has 6 heteroatoms. The van der Waals surface area contributed by atoms with E-state index in [1.165, 1.54) is 0 Å². The monoisotopic (exact) mass is 361 g/mol. The molecule has 6 nitrogen and oxygen atoms in total. The van der Waals surface area contributed by atoms with E-state index in [0.29, 0.717) is 13.2 Å². The molecule has 1 aromatic rings. The molecule has 2 fully saturated rings. The molecule has 0 aliphatic carbocycles. The number of hydrogen-bond acceptors (Lipinski definition) is 4. The molecule has 0 bridgehead atoms. The number of aliphatic imine (C=N–C) groups is 1. The maximum Gasteiger partial charge on any atom is 0.194 e. The van der Waals surface area contributed by atoms with Crippen molar-refractivity contribution in [2.75, 3.05) is 40.0 Å². The second kappa shape index (κ2) is 9.24. The van der Waals surface area contributed by atoms with Crippen LogP contribution in [0.4, 0.5) is 0 Å². The van der Waals surface area contributed by atoms with Crippen molar-refractivity contribution in [3.05, 3.63) is 29.3 Å². The van der Waals surface area contributed by atoms with Gasteiger partial charge in [0.05, 0.1) is 26.4 Å². The fraction of sp³-hybridized carbons (Fsp3) is 0.650. The maximum absolute atomic E-state index is 5.96. The molecule has 2 atom stereocenters. The zero-order valence-electron chi connectivity index (χ0n) is 16.2. The van der Waals surface area contributed by atoms with E-state index in [-0.39, 0.29) is 12.2 Å². The molecule has 1 aromatic carbocycles. The third-order valence-electron chi connectivity index (χ3n) is 4.99. The van der Waals surface area contributed by atoms with E-state index < -0.39 is 0 Å². The lowest BCUT2D eigenvalue weighted by Gasteiger charge is -2.37. The van der Waals surface area contributed by atoms with E-state index in [1.54, 1.807) is 7.11 Å². The van der Waals surface area contributed by atoms with Crippen molar-refractivity contribution in [3.8, 4) is 5.75 Å². The Morgan fingerprint density at radius 2 is 2.15 bits per heavy atom. The number of morpholine rings is 1. The van der Waals surface area contributed by atoms with Crippen LogP contribution < -0.4 is 10.1 Å². The van der Waals surface area contributed by atoms with Gasteiger partial charge in [-0.1, -0.05) is 12.1 Å². The molecular weight excluding hydrogens is 330 g/mol. The molecule has 0 amide bonds. The van der Waals surface area contributed by atoms with Crippen molar-refractivity contribution in [1.29, 1.82) is 0 Å². The Morgan fingerprint density at radius 1 is 1.31 bits per heavy atom. The number of nitrogens with one attached hydrogen (secondary N) is 1. The number of rotatable bonds is 5. The number of nitrogens with zero attached hydrogens (tertiary/aromatic N) is 2. The van der Waals surface area contributed by atoms with Crippen molar-refractivity contribution in [2.45, 2.75) is 45.4 Å². The molecule has 1 N–H and O–H groups in total. The SMILES string of the molecule is CCNC(=NCc1ccc(C)c(OC)c1)N1CCOC(C2CCCO2)C1. The summed E-state index contributed by atoms with van der Waals surface area (Å²) >= 11 is 0. The van der Waals surface area contributed by atoms with Gasteiger partial charge in [-0.15, -0.1) is 0 Å². The van der Waals surface area contributed by atoms with Crippen LogP contribution in [-0.4, -0.2) is 63.0 Å². The highest BCUT2D eigenvalue weighted by Gasteiger charge is 2.32. The molecule has 0 aromatic heterocycles. The predicted molar refractivity (Wildman–Crippen MR) is 103 cm³/mol. The minimum atomic E-state index is 0.134. The van der Waals surface area contributed by atoms with Crippen LogP contribution in [0, 0.1) is 6.92 Å². The van der Waals surface area contributed by atoms with Gasteiger partial charge in [-0.05, 0) is 43.9 Å². The first kappa shape index (κ1) is 19.0. The average molecular weight is 361 g/mol. The van der Waals surface area contributed by atoms with E-state index in [4.69, 9.17) is 19.2 Å². The van der Waals surface area contributed by atoms with Crippen LogP contribution >= 0.6 is 0 Å². The zero-order chi connectivity index (χ0) is 18.4. The van der Waals surface area contributed by atoms with Gasteiger partial charge in [0.2, 0.25) is 0 Å². The van der Waals surface area contributed by atoms with Crippen LogP contribution in [0.3, 0.4) is 0 Å². The van der Waals surface area contributed by atoms with Crippen LogP contribution in [0.1, 0.15) is 30.9 Å². The molecule has 144 valence electrons. The zero-order valence-corrected chi connectivity index (χ0v) is 16.2. The van der Waals surface area contributed by atoms with Crippen molar-refractivity contribution < 1.29 is 14.2 Å². The fourth-order valence-corrected chi connectivity index (χ4v) is 3.54. The second-order valence-electron chi connectivity index (χ2n) is 6.88. The molecule has 26 heavy (non-hydrogen) atoms. The number of ether oxygens (including phenoxy) is 3. The van der Waals surface area contributed by atoms with Crippen LogP contribution in [0.15, 0.2) is 23.2 Å². The summed E-state index contributed by atoms with van der Waals surface area (Å²) in [6, 6.07) is 6.26. The van der Waals surface area contributed by atoms with Crippen molar-refractivity contribution in [1.82, 2.24) is 10.2 Å². The first-order chi connectivity index (χ1) is 12.7. The molecule has 2 aliphatic heterocycles. The van der Waals surface area contributed by atoms with E-state index in [2.05, 4.69) is 42.3 Å². The number of methoxy groups -OCH3 is 1. The molecule has 0 saturated carbocycles. The highest BCUT2D eigenvalue weighted by Crippen LogP contribution is 2.22. The van der Waals surface area contributed by atoms with Gasteiger partial charge in [0.15, 0.2) is 5.96 Å². The van der Waals surface area contributed by atoms with Crippen LogP contribution in [0.25, 0.3) is 0 Å². The lowest BCUT2D eigenvalue weighted by Crippen LogP contribution is -2.53. The van der Waals surface area contributed by atoms with Gasteiger partial charge in [-0.3, -0.25) is 0 Å². The highest BCUT2D eigenvalue weighted by atomic mass is 16.5. The van der Waals surface area contributed by atoms with Gasteiger partial charge in [0.1, 0.15) is 11.9 Å². The van der Waals surface area contributed by atoms with Crippen molar-refractivity contribution in [2.24, 2.45) is 4.99 Å². The predicted octanol–water partition coefficient (Wildman–Crippen LogP) is 2.35. The second-order valence-corrected chi connectivity index (χ2v) is 6.88. The number of aryl methyl sites for hydroxylation is 1. The average Bonchev–Trinajstić information content (AvgIpc) is 3.21. The molecule has 0 spiro atoms. The Morgan fingerprint density at radius 3 is 2.88 bits per heavy atom. The Kier molecular flexibility index (Phi) is 6.74. The quantitative estimate of drug-likeness (QED) is 0.644. The minimum Gasteiger partial charge on any atom is -0.496 e. The Hall–Kier alpha value is -1.79. The normalized spacial score (nSPS) is 24.0. The third-order valence-corrected chi connectivity index (χ3v) is 4.99. The standard InChI is InChI=1S/C20H31N3O3/c1-4-21-20(22-13-16-8-7-15(2)18(12-16)24-3)23-9-11-26-19(14-23)17-6-5-10-25-17/h7-8,12,17,19H,4-6,9-11,13-14H2,1-3H3,(H,21,22). The molecule has 2 heterocycles. The van der Waals surface area contributed by atoms with Gasteiger partial charge < -0.3 is 24.4 Å². The van der Waals surface area contributed by atoms with E-state index in [0.717, 1.165) is 61.9 Å². The summed E-state index contributed by atoms with van der Waals surface area (Å²) in [4.78, 5) is 7.15. The summed E-state index contributed by atoms with van der Waals surface area (Å²) in [6.45, 7) is 8.87. The summed E-state index contributed by atoms with van der Waals surface area (Å²) in [7, 11) is 1.71. The summed E-state index contributed by atoms with van der Waals surface area (Å²) in [5, 5.41) is 3.42. The topological polar surface area (TPSA) is 55.3 Å². The summed E-state index contributed by atoms with van der Waals surface area (Å²) in [5.41, 5.74) is 2.28. The first-order valence-corrected chi connectivity index (χ1v) is 9.61. The Labute approximate surface area is 156 Å². The van der Waals surface area contributed by atoms with Crippen molar-refractivity contribution >= 4 is 5.96 Å². The van der Waals surface area contributed by atoms with Crippen LogP contribution in [0.2, 0.25) is 0 Å². The van der Waals surface area contributed by atoms with E-state index in [1.807, 2.05) is 0 Å².